The van der Waals surface area contributed by atoms with E-state index in [9.17, 15) is 4.79 Å². The van der Waals surface area contributed by atoms with Gasteiger partial charge in [-0.1, -0.05) is 0 Å². The Kier molecular flexibility index (Phi) is 4.17. The van der Waals surface area contributed by atoms with Gasteiger partial charge in [0.15, 0.2) is 0 Å². The number of rotatable bonds is 4. The molecule has 0 saturated heterocycles. The molecule has 2 aromatic heterocycles. The van der Waals surface area contributed by atoms with E-state index in [0.717, 1.165) is 33.7 Å². The third-order valence-electron chi connectivity index (χ3n) is 2.93. The van der Waals surface area contributed by atoms with Crippen LogP contribution in [0.2, 0.25) is 0 Å². The van der Waals surface area contributed by atoms with Crippen molar-refractivity contribution in [3.63, 3.8) is 0 Å². The molecule has 0 saturated carbocycles. The van der Waals surface area contributed by atoms with Gasteiger partial charge in [0.05, 0.1) is 5.69 Å². The fourth-order valence-corrected chi connectivity index (χ4v) is 3.01. The van der Waals surface area contributed by atoms with Crippen LogP contribution in [0.5, 0.6) is 0 Å². The molecule has 19 heavy (non-hydrogen) atoms. The van der Waals surface area contributed by atoms with Crippen molar-refractivity contribution in [1.82, 2.24) is 9.88 Å². The van der Waals surface area contributed by atoms with Crippen molar-refractivity contribution >= 4 is 33.1 Å². The van der Waals surface area contributed by atoms with Gasteiger partial charge in [-0.15, -0.1) is 11.3 Å². The third-order valence-corrected chi connectivity index (χ3v) is 3.80. The molecule has 1 amide bonds. The Morgan fingerprint density at radius 3 is 2.84 bits per heavy atom. The second-order valence-corrected chi connectivity index (χ2v) is 5.87. The number of nitrogens with zero attached hydrogens (tertiary/aromatic N) is 2. The maximum atomic E-state index is 11.9. The summed E-state index contributed by atoms with van der Waals surface area (Å²) in [4.78, 5) is 19.4. The molecular formula is C14H19N3OS. The maximum absolute atomic E-state index is 11.9. The Balaban J connectivity index is 2.20. The highest BCUT2D eigenvalue weighted by atomic mass is 32.1. The van der Waals surface area contributed by atoms with Gasteiger partial charge in [-0.25, -0.2) is 4.98 Å². The van der Waals surface area contributed by atoms with E-state index in [2.05, 4.69) is 17.2 Å². The van der Waals surface area contributed by atoms with Crippen molar-refractivity contribution in [2.45, 2.75) is 20.3 Å². The summed E-state index contributed by atoms with van der Waals surface area (Å²) < 4.78 is 0. The van der Waals surface area contributed by atoms with Crippen molar-refractivity contribution in [2.24, 2.45) is 0 Å². The lowest BCUT2D eigenvalue weighted by atomic mass is 10.1. The summed E-state index contributed by atoms with van der Waals surface area (Å²) in [6.07, 6.45) is 0.503. The lowest BCUT2D eigenvalue weighted by Crippen LogP contribution is -2.20. The van der Waals surface area contributed by atoms with Crippen molar-refractivity contribution in [3.8, 4) is 0 Å². The Labute approximate surface area is 117 Å². The zero-order valence-corrected chi connectivity index (χ0v) is 12.6. The summed E-state index contributed by atoms with van der Waals surface area (Å²) in [6, 6.07) is 2.05. The zero-order valence-electron chi connectivity index (χ0n) is 11.8. The van der Waals surface area contributed by atoms with Crippen LogP contribution in [-0.4, -0.2) is 36.4 Å². The first-order valence-corrected chi connectivity index (χ1v) is 7.15. The second-order valence-electron chi connectivity index (χ2n) is 5.01. The molecule has 0 aromatic carbocycles. The van der Waals surface area contributed by atoms with Gasteiger partial charge in [0.25, 0.3) is 0 Å². The van der Waals surface area contributed by atoms with Crippen LogP contribution in [0, 0.1) is 13.8 Å². The average molecular weight is 277 g/mol. The van der Waals surface area contributed by atoms with E-state index in [1.165, 1.54) is 0 Å². The zero-order chi connectivity index (χ0) is 14.0. The highest BCUT2D eigenvalue weighted by Gasteiger charge is 2.11. The fraction of sp³-hybridized carbons (Fsp3) is 0.429. The summed E-state index contributed by atoms with van der Waals surface area (Å²) in [5.41, 5.74) is 3.05. The van der Waals surface area contributed by atoms with Crippen molar-refractivity contribution in [2.75, 3.05) is 26.0 Å². The van der Waals surface area contributed by atoms with Gasteiger partial charge in [-0.05, 0) is 39.6 Å². The number of carbonyl (C=O) groups excluding carboxylic acids is 1. The number of carbonyl (C=O) groups is 1. The Bertz CT molecular complexity index is 604. The van der Waals surface area contributed by atoms with E-state index in [1.807, 2.05) is 37.4 Å². The molecule has 5 heteroatoms. The Hall–Kier alpha value is -1.46. The van der Waals surface area contributed by atoms with E-state index in [0.29, 0.717) is 6.42 Å². The van der Waals surface area contributed by atoms with Crippen molar-refractivity contribution < 1.29 is 4.79 Å². The second kappa shape index (κ2) is 5.67. The molecule has 0 aliphatic carbocycles. The highest BCUT2D eigenvalue weighted by molar-refractivity contribution is 7.17. The summed E-state index contributed by atoms with van der Waals surface area (Å²) in [7, 11) is 3.92. The first-order chi connectivity index (χ1) is 8.97. The van der Waals surface area contributed by atoms with Gasteiger partial charge in [0.2, 0.25) is 5.91 Å². The SMILES string of the molecule is Cc1cc(C)c2c(NC(=O)CCN(C)C)csc2n1. The van der Waals surface area contributed by atoms with Gasteiger partial charge in [0.1, 0.15) is 4.83 Å². The summed E-state index contributed by atoms with van der Waals surface area (Å²) >= 11 is 1.57. The van der Waals surface area contributed by atoms with Crippen molar-refractivity contribution in [1.29, 1.82) is 0 Å². The number of anilines is 1. The predicted octanol–water partition coefficient (Wildman–Crippen LogP) is 2.80. The Morgan fingerprint density at radius 1 is 1.42 bits per heavy atom. The number of nitrogens with one attached hydrogen (secondary N) is 1. The quantitative estimate of drug-likeness (QED) is 0.934. The molecule has 0 fully saturated rings. The van der Waals surface area contributed by atoms with Gasteiger partial charge in [-0.2, -0.15) is 0 Å². The number of hydrogen-bond donors (Lipinski definition) is 1. The largest absolute Gasteiger partial charge is 0.325 e. The lowest BCUT2D eigenvalue weighted by molar-refractivity contribution is -0.116. The molecule has 0 atom stereocenters. The molecule has 2 rings (SSSR count). The third kappa shape index (κ3) is 3.30. The van der Waals surface area contributed by atoms with Crippen LogP contribution in [0.1, 0.15) is 17.7 Å². The van der Waals surface area contributed by atoms with Gasteiger partial charge in [-0.3, -0.25) is 4.79 Å². The van der Waals surface area contributed by atoms with Crippen LogP contribution in [0.3, 0.4) is 0 Å². The monoisotopic (exact) mass is 277 g/mol. The molecule has 0 aliphatic rings. The molecule has 0 spiro atoms. The molecule has 1 N–H and O–H groups in total. The van der Waals surface area contributed by atoms with E-state index < -0.39 is 0 Å². The summed E-state index contributed by atoms with van der Waals surface area (Å²) in [5, 5.41) is 6.02. The normalized spacial score (nSPS) is 11.2. The van der Waals surface area contributed by atoms with Crippen LogP contribution < -0.4 is 5.32 Å². The maximum Gasteiger partial charge on any atom is 0.225 e. The molecule has 2 heterocycles. The van der Waals surface area contributed by atoms with E-state index in [4.69, 9.17) is 0 Å². The van der Waals surface area contributed by atoms with Crippen LogP contribution >= 0.6 is 11.3 Å². The van der Waals surface area contributed by atoms with Crippen LogP contribution in [-0.2, 0) is 4.79 Å². The number of fused-ring (bicyclic) bond motifs is 1. The van der Waals surface area contributed by atoms with Crippen molar-refractivity contribution in [3.05, 3.63) is 22.7 Å². The average Bonchev–Trinajstić information content (AvgIpc) is 2.69. The standard InChI is InChI=1S/C14H19N3OS/c1-9-7-10(2)15-14-13(9)11(8-19-14)16-12(18)5-6-17(3)4/h7-8H,5-6H2,1-4H3,(H,16,18). The predicted molar refractivity (Wildman–Crippen MR) is 80.9 cm³/mol. The van der Waals surface area contributed by atoms with E-state index in [1.54, 1.807) is 11.3 Å². The molecule has 0 unspecified atom stereocenters. The van der Waals surface area contributed by atoms with E-state index in [-0.39, 0.29) is 5.91 Å². The summed E-state index contributed by atoms with van der Waals surface area (Å²) in [5.74, 6) is 0.0494. The molecule has 0 bridgehead atoms. The molecule has 0 radical (unpaired) electrons. The number of amides is 1. The molecule has 0 aliphatic heterocycles. The summed E-state index contributed by atoms with van der Waals surface area (Å²) in [6.45, 7) is 4.80. The van der Waals surface area contributed by atoms with Crippen LogP contribution in [0.4, 0.5) is 5.69 Å². The van der Waals surface area contributed by atoms with Crippen LogP contribution in [0.15, 0.2) is 11.4 Å². The van der Waals surface area contributed by atoms with Gasteiger partial charge >= 0.3 is 0 Å². The minimum atomic E-state index is 0.0494. The van der Waals surface area contributed by atoms with Crippen LogP contribution in [0.25, 0.3) is 10.2 Å². The molecular weight excluding hydrogens is 258 g/mol. The Morgan fingerprint density at radius 2 is 2.16 bits per heavy atom. The number of pyridine rings is 1. The lowest BCUT2D eigenvalue weighted by Gasteiger charge is -2.09. The molecule has 102 valence electrons. The fourth-order valence-electron chi connectivity index (χ4n) is 2.02. The smallest absolute Gasteiger partial charge is 0.225 e. The number of hydrogen-bond acceptors (Lipinski definition) is 4. The highest BCUT2D eigenvalue weighted by Crippen LogP contribution is 2.31. The molecule has 2 aromatic rings. The van der Waals surface area contributed by atoms with Gasteiger partial charge < -0.3 is 10.2 Å². The number of aryl methyl sites for hydroxylation is 2. The first kappa shape index (κ1) is 14.0. The number of aromatic nitrogens is 1. The van der Waals surface area contributed by atoms with E-state index >= 15 is 0 Å². The first-order valence-electron chi connectivity index (χ1n) is 6.27. The minimum Gasteiger partial charge on any atom is -0.325 e. The topological polar surface area (TPSA) is 45.2 Å². The molecule has 4 nitrogen and oxygen atoms in total. The minimum absolute atomic E-state index is 0.0494. The number of thiophene rings is 1. The van der Waals surface area contributed by atoms with Gasteiger partial charge in [0, 0.05) is 29.4 Å².